The van der Waals surface area contributed by atoms with Gasteiger partial charge in [-0.3, -0.25) is 10.1 Å². The number of rotatable bonds is 6. The smallest absolute Gasteiger partial charge is 0.414 e. The molecule has 3 rings (SSSR count). The molecular formula is C38H65N3O11. The van der Waals surface area contributed by atoms with Crippen molar-refractivity contribution in [2.75, 3.05) is 27.7 Å². The van der Waals surface area contributed by atoms with Crippen molar-refractivity contribution in [2.45, 2.75) is 147 Å². The first-order chi connectivity index (χ1) is 24.1. The minimum atomic E-state index is -1.81. The summed E-state index contributed by atoms with van der Waals surface area (Å²) in [6, 6.07) is 7.26. The molecule has 298 valence electrons. The molecule has 0 aliphatic carbocycles. The summed E-state index contributed by atoms with van der Waals surface area (Å²) in [7, 11) is 5.52. The summed E-state index contributed by atoms with van der Waals surface area (Å²) < 4.78 is 24.7. The summed E-state index contributed by atoms with van der Waals surface area (Å²) in [6.07, 6.45) is -9.17. The zero-order chi connectivity index (χ0) is 39.3. The van der Waals surface area contributed by atoms with Crippen molar-refractivity contribution in [3.63, 3.8) is 0 Å². The minimum absolute atomic E-state index is 0.164. The third-order valence-corrected chi connectivity index (χ3v) is 11.1. The topological polar surface area (TPSA) is 191 Å². The standard InChI is InChI=1S/C38H65N3O11/c1-12-28-38(8,48)31(43)25(6)41(11)20-21(2)19-37(7,47)32(52-35-29(42)27(40(9)10)18-22(3)49-35)23(4)30(24(5)34(45)50-28)51-36(46)39-33(44)26-16-14-13-15-17-26/h13-17,21-25,27-32,34-35,42-43,45,47-48H,12,18-20H2,1-11H3,(H,39,44,46). The first kappa shape index (κ1) is 44.2. The van der Waals surface area contributed by atoms with Crippen LogP contribution in [0, 0.1) is 17.8 Å². The van der Waals surface area contributed by atoms with Gasteiger partial charge in [0, 0.05) is 36.0 Å². The molecule has 0 aromatic heterocycles. The van der Waals surface area contributed by atoms with Crippen LogP contribution in [0.2, 0.25) is 0 Å². The second kappa shape index (κ2) is 18.4. The van der Waals surface area contributed by atoms with E-state index in [1.807, 2.05) is 44.8 Å². The lowest BCUT2D eigenvalue weighted by atomic mass is 9.77. The number of aliphatic hydroxyl groups is 5. The normalized spacial score (nSPS) is 41.8. The molecule has 1 aromatic carbocycles. The van der Waals surface area contributed by atoms with Crippen LogP contribution in [0.5, 0.6) is 0 Å². The number of imide groups is 1. The second-order valence-corrected chi connectivity index (χ2v) is 16.0. The summed E-state index contributed by atoms with van der Waals surface area (Å²) in [6.45, 7) is 14.1. The Balaban J connectivity index is 2.13. The number of carbonyl (C=O) groups is 2. The highest BCUT2D eigenvalue weighted by Gasteiger charge is 2.50. The van der Waals surface area contributed by atoms with Gasteiger partial charge in [-0.2, -0.15) is 0 Å². The zero-order valence-corrected chi connectivity index (χ0v) is 32.8. The molecule has 2 aliphatic rings. The first-order valence-corrected chi connectivity index (χ1v) is 18.5. The van der Waals surface area contributed by atoms with Gasteiger partial charge in [-0.15, -0.1) is 0 Å². The lowest BCUT2D eigenvalue weighted by Gasteiger charge is -2.47. The fraction of sp³-hybridized carbons (Fsp3) is 0.789. The van der Waals surface area contributed by atoms with Crippen LogP contribution >= 0.6 is 0 Å². The first-order valence-electron chi connectivity index (χ1n) is 18.5. The van der Waals surface area contributed by atoms with E-state index in [9.17, 15) is 35.1 Å². The number of hydrogen-bond acceptors (Lipinski definition) is 13. The highest BCUT2D eigenvalue weighted by molar-refractivity contribution is 6.02. The minimum Gasteiger partial charge on any atom is -0.445 e. The molecule has 2 heterocycles. The Kier molecular flexibility index (Phi) is 15.6. The maximum Gasteiger partial charge on any atom is 0.414 e. The third-order valence-electron chi connectivity index (χ3n) is 11.1. The summed E-state index contributed by atoms with van der Waals surface area (Å²) in [5, 5.41) is 60.8. The lowest BCUT2D eigenvalue weighted by Crippen LogP contribution is -2.60. The van der Waals surface area contributed by atoms with Crippen LogP contribution in [0.25, 0.3) is 0 Å². The highest BCUT2D eigenvalue weighted by Crippen LogP contribution is 2.38. The van der Waals surface area contributed by atoms with Gasteiger partial charge in [0.05, 0.1) is 23.9 Å². The predicted molar refractivity (Wildman–Crippen MR) is 194 cm³/mol. The number of aliphatic hydroxyl groups excluding tert-OH is 3. The number of likely N-dealkylation sites (N-methyl/N-ethyl adjacent to an activating group) is 2. The molecule has 6 N–H and O–H groups in total. The van der Waals surface area contributed by atoms with E-state index in [-0.39, 0.29) is 36.5 Å². The number of amides is 2. The average Bonchev–Trinajstić information content (AvgIpc) is 3.07. The van der Waals surface area contributed by atoms with Gasteiger partial charge in [0.1, 0.15) is 23.9 Å². The molecule has 52 heavy (non-hydrogen) atoms. The van der Waals surface area contributed by atoms with Crippen LogP contribution in [-0.2, 0) is 18.9 Å². The SMILES string of the molecule is CCC1OC(O)C(C)C(OC(=O)NC(=O)c2ccccc2)C(C)C(OC2OC(C)CC(N(C)C)C2O)C(C)(O)CC(C)CN(C)C(C)C(O)C1(C)O. The van der Waals surface area contributed by atoms with Gasteiger partial charge in [-0.05, 0) is 86.2 Å². The molecule has 15 atom stereocenters. The van der Waals surface area contributed by atoms with Gasteiger partial charge >= 0.3 is 6.09 Å². The van der Waals surface area contributed by atoms with Crippen molar-refractivity contribution >= 4 is 12.0 Å². The predicted octanol–water partition coefficient (Wildman–Crippen LogP) is 2.34. The molecule has 2 fully saturated rings. The Morgan fingerprint density at radius 2 is 1.62 bits per heavy atom. The van der Waals surface area contributed by atoms with Crippen LogP contribution in [0.4, 0.5) is 4.79 Å². The van der Waals surface area contributed by atoms with Gasteiger partial charge in [0.25, 0.3) is 5.91 Å². The number of alkyl carbamates (subject to hydrolysis) is 1. The Bertz CT molecular complexity index is 1280. The molecule has 2 amide bonds. The number of carbonyl (C=O) groups excluding carboxylic acids is 2. The van der Waals surface area contributed by atoms with E-state index in [0.717, 1.165) is 0 Å². The second-order valence-electron chi connectivity index (χ2n) is 16.0. The zero-order valence-electron chi connectivity index (χ0n) is 32.8. The Labute approximate surface area is 309 Å². The quantitative estimate of drug-likeness (QED) is 0.250. The lowest BCUT2D eigenvalue weighted by molar-refractivity contribution is -0.301. The molecule has 0 spiro atoms. The molecular weight excluding hydrogens is 674 g/mol. The maximum atomic E-state index is 13.4. The van der Waals surface area contributed by atoms with Crippen molar-refractivity contribution in [3.8, 4) is 0 Å². The third kappa shape index (κ3) is 10.7. The number of ether oxygens (including phenoxy) is 4. The van der Waals surface area contributed by atoms with Crippen molar-refractivity contribution in [1.29, 1.82) is 0 Å². The van der Waals surface area contributed by atoms with E-state index in [1.165, 1.54) is 6.92 Å². The largest absolute Gasteiger partial charge is 0.445 e. The van der Waals surface area contributed by atoms with E-state index in [0.29, 0.717) is 13.0 Å². The average molecular weight is 740 g/mol. The Hall–Kier alpha value is -2.24. The Morgan fingerprint density at radius 3 is 2.19 bits per heavy atom. The fourth-order valence-corrected chi connectivity index (χ4v) is 7.97. The summed E-state index contributed by atoms with van der Waals surface area (Å²) >= 11 is 0. The molecule has 2 aliphatic heterocycles. The molecule has 14 heteroatoms. The van der Waals surface area contributed by atoms with E-state index in [4.69, 9.17) is 18.9 Å². The van der Waals surface area contributed by atoms with E-state index in [2.05, 4.69) is 5.32 Å². The molecule has 0 saturated carbocycles. The molecule has 2 saturated heterocycles. The van der Waals surface area contributed by atoms with Gasteiger partial charge in [-0.25, -0.2) is 4.79 Å². The van der Waals surface area contributed by atoms with Crippen LogP contribution in [0.3, 0.4) is 0 Å². The van der Waals surface area contributed by atoms with Crippen LogP contribution in [0.15, 0.2) is 30.3 Å². The van der Waals surface area contributed by atoms with E-state index >= 15 is 0 Å². The molecule has 15 unspecified atom stereocenters. The number of benzene rings is 1. The molecule has 1 aromatic rings. The van der Waals surface area contributed by atoms with Crippen molar-refractivity contribution in [2.24, 2.45) is 17.8 Å². The van der Waals surface area contributed by atoms with Crippen LogP contribution in [-0.4, -0.2) is 148 Å². The molecule has 14 nitrogen and oxygen atoms in total. The Morgan fingerprint density at radius 1 is 1.00 bits per heavy atom. The van der Waals surface area contributed by atoms with Gasteiger partial charge in [0.15, 0.2) is 12.6 Å². The van der Waals surface area contributed by atoms with E-state index < -0.39 is 84.2 Å². The van der Waals surface area contributed by atoms with Crippen LogP contribution in [0.1, 0.15) is 85.0 Å². The van der Waals surface area contributed by atoms with Gasteiger partial charge < -0.3 is 54.3 Å². The molecule has 0 bridgehead atoms. The number of nitrogens with zero attached hydrogens (tertiary/aromatic N) is 2. The van der Waals surface area contributed by atoms with Crippen LogP contribution < -0.4 is 5.32 Å². The highest BCUT2D eigenvalue weighted by atomic mass is 16.7. The monoisotopic (exact) mass is 739 g/mol. The maximum absolute atomic E-state index is 13.4. The number of nitrogens with one attached hydrogen (secondary N) is 1. The van der Waals surface area contributed by atoms with Crippen molar-refractivity contribution in [1.82, 2.24) is 15.1 Å². The summed E-state index contributed by atoms with van der Waals surface area (Å²) in [5.74, 6) is -2.84. The number of hydrogen-bond donors (Lipinski definition) is 6. The van der Waals surface area contributed by atoms with Gasteiger partial charge in [0.2, 0.25) is 0 Å². The fourth-order valence-electron chi connectivity index (χ4n) is 7.97. The molecule has 0 radical (unpaired) electrons. The summed E-state index contributed by atoms with van der Waals surface area (Å²) in [5.41, 5.74) is -3.22. The van der Waals surface area contributed by atoms with Crippen molar-refractivity contribution in [3.05, 3.63) is 35.9 Å². The summed E-state index contributed by atoms with van der Waals surface area (Å²) in [4.78, 5) is 30.2. The van der Waals surface area contributed by atoms with E-state index in [1.54, 1.807) is 65.0 Å². The van der Waals surface area contributed by atoms with Crippen molar-refractivity contribution < 1.29 is 54.1 Å². The van der Waals surface area contributed by atoms with Gasteiger partial charge in [-0.1, -0.05) is 45.9 Å².